The van der Waals surface area contributed by atoms with Crippen LogP contribution in [0.4, 0.5) is 9.18 Å². The van der Waals surface area contributed by atoms with Crippen molar-refractivity contribution in [2.45, 2.75) is 26.3 Å². The molecule has 35 heavy (non-hydrogen) atoms. The van der Waals surface area contributed by atoms with Gasteiger partial charge in [-0.15, -0.1) is 0 Å². The van der Waals surface area contributed by atoms with Crippen LogP contribution in [0.3, 0.4) is 0 Å². The minimum atomic E-state index is -0.497. The Morgan fingerprint density at radius 1 is 1.14 bits per heavy atom. The number of carbonyl (C=O) groups excluding carboxylic acids is 3. The quantitative estimate of drug-likeness (QED) is 0.184. The molecular formula is C26H21ClFNO5S. The highest BCUT2D eigenvalue weighted by molar-refractivity contribution is 8.18. The Morgan fingerprint density at radius 3 is 2.63 bits per heavy atom. The first kappa shape index (κ1) is 24.8. The largest absolute Gasteiger partial charge is 0.462 e. The van der Waals surface area contributed by atoms with Crippen molar-refractivity contribution < 1.29 is 27.9 Å². The van der Waals surface area contributed by atoms with Crippen LogP contribution in [0.2, 0.25) is 5.02 Å². The van der Waals surface area contributed by atoms with Gasteiger partial charge in [-0.1, -0.05) is 43.1 Å². The number of benzene rings is 2. The summed E-state index contributed by atoms with van der Waals surface area (Å²) in [5.41, 5.74) is 1.66. The fourth-order valence-electron chi connectivity index (χ4n) is 3.33. The van der Waals surface area contributed by atoms with E-state index in [1.54, 1.807) is 36.4 Å². The summed E-state index contributed by atoms with van der Waals surface area (Å²) >= 11 is 6.83. The number of halogens is 2. The number of ether oxygens (including phenoxy) is 1. The Morgan fingerprint density at radius 2 is 1.91 bits per heavy atom. The summed E-state index contributed by atoms with van der Waals surface area (Å²) in [5.74, 6) is -0.414. The first-order chi connectivity index (χ1) is 16.9. The van der Waals surface area contributed by atoms with E-state index < -0.39 is 17.0 Å². The van der Waals surface area contributed by atoms with E-state index in [1.165, 1.54) is 18.2 Å². The third-order valence-corrected chi connectivity index (χ3v) is 6.51. The molecule has 0 radical (unpaired) electrons. The van der Waals surface area contributed by atoms with E-state index in [-0.39, 0.29) is 22.4 Å². The van der Waals surface area contributed by atoms with Crippen LogP contribution in [0.1, 0.15) is 41.4 Å². The first-order valence-corrected chi connectivity index (χ1v) is 12.1. The fourth-order valence-corrected chi connectivity index (χ4v) is 4.38. The number of nitrogens with zero attached hydrogens (tertiary/aromatic N) is 1. The van der Waals surface area contributed by atoms with E-state index in [0.29, 0.717) is 29.3 Å². The molecule has 3 aromatic rings. The summed E-state index contributed by atoms with van der Waals surface area (Å²) in [5, 5.41) is -0.307. The van der Waals surface area contributed by atoms with Crippen molar-refractivity contribution in [3.05, 3.63) is 87.2 Å². The number of carbonyl (C=O) groups is 3. The molecule has 0 atom stereocenters. The molecule has 1 aliphatic heterocycles. The number of unbranched alkanes of at least 4 members (excludes halogenated alkanes) is 1. The molecule has 2 heterocycles. The third-order valence-electron chi connectivity index (χ3n) is 5.25. The second kappa shape index (κ2) is 10.9. The molecule has 2 aromatic carbocycles. The SMILES string of the molecule is CCCCOC(=O)c1ccc(-c2ccc(/C=C3\SC(=O)N(Cc4ccc(F)cc4Cl)C3=O)o2)cc1. The van der Waals surface area contributed by atoms with Crippen molar-refractivity contribution in [2.24, 2.45) is 0 Å². The summed E-state index contributed by atoms with van der Waals surface area (Å²) in [6.45, 7) is 2.36. The predicted octanol–water partition coefficient (Wildman–Crippen LogP) is 6.93. The lowest BCUT2D eigenvalue weighted by molar-refractivity contribution is -0.123. The minimum Gasteiger partial charge on any atom is -0.462 e. The molecule has 6 nitrogen and oxygen atoms in total. The number of hydrogen-bond donors (Lipinski definition) is 0. The maximum Gasteiger partial charge on any atom is 0.338 e. The molecule has 0 unspecified atom stereocenters. The molecule has 1 fully saturated rings. The van der Waals surface area contributed by atoms with Gasteiger partial charge in [-0.2, -0.15) is 0 Å². The summed E-state index contributed by atoms with van der Waals surface area (Å²) in [6.07, 6.45) is 3.26. The van der Waals surface area contributed by atoms with Gasteiger partial charge >= 0.3 is 5.97 Å². The highest BCUT2D eigenvalue weighted by atomic mass is 35.5. The van der Waals surface area contributed by atoms with E-state index in [0.717, 1.165) is 41.1 Å². The smallest absolute Gasteiger partial charge is 0.338 e. The van der Waals surface area contributed by atoms with E-state index in [4.69, 9.17) is 20.8 Å². The maximum absolute atomic E-state index is 13.3. The molecule has 0 spiro atoms. The van der Waals surface area contributed by atoms with Crippen molar-refractivity contribution in [1.29, 1.82) is 0 Å². The predicted molar refractivity (Wildman–Crippen MR) is 132 cm³/mol. The number of furan rings is 1. The zero-order valence-electron chi connectivity index (χ0n) is 18.8. The molecule has 4 rings (SSSR count). The fraction of sp³-hybridized carbons (Fsp3) is 0.192. The molecule has 1 saturated heterocycles. The molecule has 0 bridgehead atoms. The van der Waals surface area contributed by atoms with E-state index in [1.807, 2.05) is 6.92 Å². The van der Waals surface area contributed by atoms with Gasteiger partial charge < -0.3 is 9.15 Å². The van der Waals surface area contributed by atoms with Crippen LogP contribution in [0.25, 0.3) is 17.4 Å². The number of rotatable bonds is 8. The van der Waals surface area contributed by atoms with Crippen LogP contribution in [0.15, 0.2) is 63.9 Å². The van der Waals surface area contributed by atoms with Gasteiger partial charge in [0.15, 0.2) is 0 Å². The average Bonchev–Trinajstić information content (AvgIpc) is 3.41. The van der Waals surface area contributed by atoms with Crippen LogP contribution in [0, 0.1) is 5.82 Å². The number of amides is 2. The average molecular weight is 514 g/mol. The summed E-state index contributed by atoms with van der Waals surface area (Å²) in [4.78, 5) is 38.5. The van der Waals surface area contributed by atoms with Crippen LogP contribution in [-0.2, 0) is 16.1 Å². The van der Waals surface area contributed by atoms with Crippen LogP contribution in [-0.4, -0.2) is 28.6 Å². The number of esters is 1. The topological polar surface area (TPSA) is 76.8 Å². The van der Waals surface area contributed by atoms with Crippen molar-refractivity contribution in [1.82, 2.24) is 4.90 Å². The van der Waals surface area contributed by atoms with Crippen LogP contribution < -0.4 is 0 Å². The van der Waals surface area contributed by atoms with E-state index >= 15 is 0 Å². The maximum atomic E-state index is 13.3. The Hall–Kier alpha value is -3.36. The molecular weight excluding hydrogens is 493 g/mol. The third kappa shape index (κ3) is 5.83. The van der Waals surface area contributed by atoms with Gasteiger partial charge in [0.1, 0.15) is 17.3 Å². The molecule has 1 aliphatic rings. The van der Waals surface area contributed by atoms with E-state index in [9.17, 15) is 18.8 Å². The van der Waals surface area contributed by atoms with Crippen molar-refractivity contribution >= 4 is 46.6 Å². The minimum absolute atomic E-state index is 0.0578. The molecule has 2 amide bonds. The molecule has 180 valence electrons. The highest BCUT2D eigenvalue weighted by Gasteiger charge is 2.35. The lowest BCUT2D eigenvalue weighted by Crippen LogP contribution is -2.27. The van der Waals surface area contributed by atoms with Crippen molar-refractivity contribution in [3.63, 3.8) is 0 Å². The normalized spacial score (nSPS) is 14.7. The van der Waals surface area contributed by atoms with Gasteiger partial charge in [-0.3, -0.25) is 14.5 Å². The summed E-state index contributed by atoms with van der Waals surface area (Å²) in [7, 11) is 0. The van der Waals surface area contributed by atoms with Gasteiger partial charge in [-0.25, -0.2) is 9.18 Å². The Kier molecular flexibility index (Phi) is 7.73. The lowest BCUT2D eigenvalue weighted by atomic mass is 10.1. The molecule has 0 saturated carbocycles. The van der Waals surface area contributed by atoms with Crippen LogP contribution >= 0.6 is 23.4 Å². The molecule has 0 aliphatic carbocycles. The molecule has 0 N–H and O–H groups in total. The van der Waals surface area contributed by atoms with Crippen molar-refractivity contribution in [3.8, 4) is 11.3 Å². The molecule has 9 heteroatoms. The number of thioether (sulfide) groups is 1. The van der Waals surface area contributed by atoms with Gasteiger partial charge in [0.05, 0.1) is 23.6 Å². The van der Waals surface area contributed by atoms with Gasteiger partial charge in [0.25, 0.3) is 11.1 Å². The number of hydrogen-bond acceptors (Lipinski definition) is 6. The van der Waals surface area contributed by atoms with E-state index in [2.05, 4.69) is 0 Å². The van der Waals surface area contributed by atoms with Gasteiger partial charge in [0, 0.05) is 16.7 Å². The second-order valence-electron chi connectivity index (χ2n) is 7.77. The first-order valence-electron chi connectivity index (χ1n) is 10.9. The van der Waals surface area contributed by atoms with Gasteiger partial charge in [-0.05, 0) is 60.1 Å². The zero-order chi connectivity index (χ0) is 24.9. The van der Waals surface area contributed by atoms with Gasteiger partial charge in [0.2, 0.25) is 0 Å². The Balaban J connectivity index is 1.44. The highest BCUT2D eigenvalue weighted by Crippen LogP contribution is 2.35. The Labute approximate surface area is 210 Å². The lowest BCUT2D eigenvalue weighted by Gasteiger charge is -2.13. The monoisotopic (exact) mass is 513 g/mol. The van der Waals surface area contributed by atoms with Crippen LogP contribution in [0.5, 0.6) is 0 Å². The summed E-state index contributed by atoms with van der Waals surface area (Å²) in [6, 6.07) is 14.1. The summed E-state index contributed by atoms with van der Waals surface area (Å²) < 4.78 is 24.3. The zero-order valence-corrected chi connectivity index (χ0v) is 20.3. The second-order valence-corrected chi connectivity index (χ2v) is 9.17. The molecule has 1 aromatic heterocycles. The standard InChI is InChI=1S/C26H21ClFNO5S/c1-2-3-12-33-25(31)17-6-4-16(5-7-17)22-11-10-20(34-22)14-23-24(30)29(26(32)35-23)15-18-8-9-19(28)13-21(18)27/h4-11,13-14H,2-3,12,15H2,1H3/b23-14-. The van der Waals surface area contributed by atoms with Crippen molar-refractivity contribution in [2.75, 3.05) is 6.61 Å². The number of imide groups is 1. The Bertz CT molecular complexity index is 1300.